The molecule has 2 rings (SSSR count). The maximum Gasteiger partial charge on any atom is 0.255 e. The van der Waals surface area contributed by atoms with Gasteiger partial charge < -0.3 is 20.5 Å². The Hall–Kier alpha value is -3.11. The largest absolute Gasteiger partial charge is 0.508 e. The molecule has 0 aliphatic heterocycles. The van der Waals surface area contributed by atoms with E-state index in [2.05, 4.69) is 10.6 Å². The van der Waals surface area contributed by atoms with E-state index in [0.29, 0.717) is 18.5 Å². The van der Waals surface area contributed by atoms with Crippen molar-refractivity contribution in [1.29, 1.82) is 0 Å². The maximum absolute atomic E-state index is 12.3. The first kappa shape index (κ1) is 21.2. The van der Waals surface area contributed by atoms with Gasteiger partial charge in [0.15, 0.2) is 0 Å². The summed E-state index contributed by atoms with van der Waals surface area (Å²) in [6.07, 6.45) is 0.438. The van der Waals surface area contributed by atoms with Crippen molar-refractivity contribution >= 4 is 21.8 Å². The van der Waals surface area contributed by atoms with Crippen LogP contribution in [0.3, 0.4) is 0 Å². The standard InChI is InChI=1S/C18H21N3O6S/c1-27-16-7-6-14(28(19,25)26)11-15(16)18(24)21-9-3-8-20-17(23)12-4-2-5-13(22)10-12/h2,4-7,10-11,22H,3,8-9H2,1H3,(H,20,23)(H,21,24)(H2,19,25,26). The van der Waals surface area contributed by atoms with Crippen LogP contribution >= 0.6 is 0 Å². The van der Waals surface area contributed by atoms with E-state index >= 15 is 0 Å². The van der Waals surface area contributed by atoms with Gasteiger partial charge in [-0.15, -0.1) is 0 Å². The molecule has 2 aromatic carbocycles. The van der Waals surface area contributed by atoms with Gasteiger partial charge in [0.1, 0.15) is 11.5 Å². The smallest absolute Gasteiger partial charge is 0.255 e. The fourth-order valence-corrected chi connectivity index (χ4v) is 2.92. The minimum Gasteiger partial charge on any atom is -0.508 e. The predicted octanol–water partition coefficient (Wildman–Crippen LogP) is 0.598. The van der Waals surface area contributed by atoms with E-state index in [1.54, 1.807) is 12.1 Å². The van der Waals surface area contributed by atoms with E-state index in [1.807, 2.05) is 0 Å². The molecule has 5 N–H and O–H groups in total. The first-order chi connectivity index (χ1) is 13.2. The number of aromatic hydroxyl groups is 1. The summed E-state index contributed by atoms with van der Waals surface area (Å²) < 4.78 is 28.0. The first-order valence-corrected chi connectivity index (χ1v) is 9.83. The second kappa shape index (κ2) is 9.20. The molecule has 0 bridgehead atoms. The molecule has 150 valence electrons. The molecule has 2 amide bonds. The van der Waals surface area contributed by atoms with Gasteiger partial charge >= 0.3 is 0 Å². The third kappa shape index (κ3) is 5.69. The molecular formula is C18H21N3O6S. The summed E-state index contributed by atoms with van der Waals surface area (Å²) in [7, 11) is -2.59. The monoisotopic (exact) mass is 407 g/mol. The van der Waals surface area contributed by atoms with Crippen LogP contribution in [-0.4, -0.2) is 45.5 Å². The lowest BCUT2D eigenvalue weighted by atomic mass is 10.2. The van der Waals surface area contributed by atoms with Crippen molar-refractivity contribution in [3.8, 4) is 11.5 Å². The number of hydrogen-bond donors (Lipinski definition) is 4. The van der Waals surface area contributed by atoms with Gasteiger partial charge in [-0.2, -0.15) is 0 Å². The SMILES string of the molecule is COc1ccc(S(N)(=O)=O)cc1C(=O)NCCCNC(=O)c1cccc(O)c1. The Morgan fingerprint density at radius 3 is 2.36 bits per heavy atom. The number of phenols is 1. The topological polar surface area (TPSA) is 148 Å². The van der Waals surface area contributed by atoms with E-state index < -0.39 is 15.9 Å². The zero-order chi connectivity index (χ0) is 20.7. The zero-order valence-corrected chi connectivity index (χ0v) is 16.0. The molecule has 2 aromatic rings. The number of hydrogen-bond acceptors (Lipinski definition) is 6. The Kier molecular flexibility index (Phi) is 6.96. The van der Waals surface area contributed by atoms with Gasteiger partial charge in [0.25, 0.3) is 11.8 Å². The predicted molar refractivity (Wildman–Crippen MR) is 102 cm³/mol. The molecule has 0 aliphatic carbocycles. The molecule has 0 fully saturated rings. The number of carbonyl (C=O) groups is 2. The Morgan fingerprint density at radius 1 is 1.07 bits per heavy atom. The van der Waals surface area contributed by atoms with Crippen molar-refractivity contribution in [3.63, 3.8) is 0 Å². The minimum absolute atomic E-state index is 0.00409. The van der Waals surface area contributed by atoms with Gasteiger partial charge in [-0.1, -0.05) is 6.07 Å². The quantitative estimate of drug-likeness (QED) is 0.471. The van der Waals surface area contributed by atoms with Crippen LogP contribution < -0.4 is 20.5 Å². The molecule has 28 heavy (non-hydrogen) atoms. The average Bonchev–Trinajstić information content (AvgIpc) is 2.66. The number of ether oxygens (including phenoxy) is 1. The van der Waals surface area contributed by atoms with Gasteiger partial charge in [0, 0.05) is 18.7 Å². The normalized spacial score (nSPS) is 10.9. The third-order valence-electron chi connectivity index (χ3n) is 3.78. The number of phenolic OH excluding ortho intramolecular Hbond substituents is 1. The molecule has 0 saturated heterocycles. The van der Waals surface area contributed by atoms with Gasteiger partial charge in [-0.25, -0.2) is 13.6 Å². The summed E-state index contributed by atoms with van der Waals surface area (Å²) in [5.74, 6) is -0.663. The summed E-state index contributed by atoms with van der Waals surface area (Å²) in [4.78, 5) is 24.1. The van der Waals surface area contributed by atoms with Crippen LogP contribution in [0.2, 0.25) is 0 Å². The van der Waals surface area contributed by atoms with E-state index in [0.717, 1.165) is 6.07 Å². The zero-order valence-electron chi connectivity index (χ0n) is 15.1. The highest BCUT2D eigenvalue weighted by Crippen LogP contribution is 2.21. The lowest BCUT2D eigenvalue weighted by Gasteiger charge is -2.11. The molecule has 9 nitrogen and oxygen atoms in total. The highest BCUT2D eigenvalue weighted by atomic mass is 32.2. The van der Waals surface area contributed by atoms with Crippen LogP contribution in [0.15, 0.2) is 47.4 Å². The van der Waals surface area contributed by atoms with Gasteiger partial charge in [-0.05, 0) is 42.8 Å². The molecule has 0 atom stereocenters. The molecule has 10 heteroatoms. The number of nitrogens with two attached hydrogens (primary N) is 1. The highest BCUT2D eigenvalue weighted by molar-refractivity contribution is 7.89. The first-order valence-electron chi connectivity index (χ1n) is 8.28. The van der Waals surface area contributed by atoms with Crippen molar-refractivity contribution in [2.45, 2.75) is 11.3 Å². The number of carbonyl (C=O) groups excluding carboxylic acids is 2. The number of amides is 2. The lowest BCUT2D eigenvalue weighted by Crippen LogP contribution is -2.30. The fourth-order valence-electron chi connectivity index (χ4n) is 2.38. The molecular weight excluding hydrogens is 386 g/mol. The van der Waals surface area contributed by atoms with Crippen LogP contribution in [0.5, 0.6) is 11.5 Å². The van der Waals surface area contributed by atoms with Crippen molar-refractivity contribution in [2.24, 2.45) is 5.14 Å². The van der Waals surface area contributed by atoms with Crippen molar-refractivity contribution in [2.75, 3.05) is 20.2 Å². The van der Waals surface area contributed by atoms with Crippen LogP contribution in [0.25, 0.3) is 0 Å². The Balaban J connectivity index is 1.88. The van der Waals surface area contributed by atoms with E-state index in [1.165, 1.54) is 31.4 Å². The van der Waals surface area contributed by atoms with Crippen molar-refractivity contribution in [1.82, 2.24) is 10.6 Å². The summed E-state index contributed by atoms with van der Waals surface area (Å²) in [6, 6.07) is 9.70. The van der Waals surface area contributed by atoms with Gasteiger partial charge in [0.05, 0.1) is 17.6 Å². The van der Waals surface area contributed by atoms with Crippen molar-refractivity contribution < 1.29 is 27.9 Å². The maximum atomic E-state index is 12.3. The second-order valence-electron chi connectivity index (χ2n) is 5.82. The number of benzene rings is 2. The Morgan fingerprint density at radius 2 is 1.75 bits per heavy atom. The highest BCUT2D eigenvalue weighted by Gasteiger charge is 2.17. The van der Waals surface area contributed by atoms with E-state index in [4.69, 9.17) is 9.88 Å². The number of sulfonamides is 1. The van der Waals surface area contributed by atoms with Crippen LogP contribution in [0, 0.1) is 0 Å². The molecule has 0 heterocycles. The van der Waals surface area contributed by atoms with Gasteiger partial charge in [-0.3, -0.25) is 9.59 Å². The van der Waals surface area contributed by atoms with Gasteiger partial charge in [0.2, 0.25) is 10.0 Å². The van der Waals surface area contributed by atoms with E-state index in [-0.39, 0.29) is 34.4 Å². The van der Waals surface area contributed by atoms with Crippen molar-refractivity contribution in [3.05, 3.63) is 53.6 Å². The lowest BCUT2D eigenvalue weighted by molar-refractivity contribution is 0.0949. The Labute approximate surface area is 162 Å². The van der Waals surface area contributed by atoms with Crippen LogP contribution in [-0.2, 0) is 10.0 Å². The number of nitrogens with one attached hydrogen (secondary N) is 2. The average molecular weight is 407 g/mol. The number of primary sulfonamides is 1. The minimum atomic E-state index is -3.95. The number of methoxy groups -OCH3 is 1. The van der Waals surface area contributed by atoms with Crippen LogP contribution in [0.4, 0.5) is 0 Å². The fraction of sp³-hybridized carbons (Fsp3) is 0.222. The molecule has 0 radical (unpaired) electrons. The van der Waals surface area contributed by atoms with Crippen LogP contribution in [0.1, 0.15) is 27.1 Å². The number of rotatable bonds is 8. The Bertz CT molecular complexity index is 975. The van der Waals surface area contributed by atoms with E-state index in [9.17, 15) is 23.1 Å². The summed E-state index contributed by atoms with van der Waals surface area (Å²) >= 11 is 0. The second-order valence-corrected chi connectivity index (χ2v) is 7.38. The molecule has 0 saturated carbocycles. The third-order valence-corrected chi connectivity index (χ3v) is 4.69. The molecule has 0 spiro atoms. The summed E-state index contributed by atoms with van der Waals surface area (Å²) in [6.45, 7) is 0.533. The molecule has 0 aromatic heterocycles. The summed E-state index contributed by atoms with van der Waals surface area (Å²) in [5.41, 5.74) is 0.367. The molecule has 0 unspecified atom stereocenters. The summed E-state index contributed by atoms with van der Waals surface area (Å²) in [5, 5.41) is 19.8. The molecule has 0 aliphatic rings.